The molecule has 7 nitrogen and oxygen atoms in total. The largest absolute Gasteiger partial charge is 0.331 e. The molecule has 0 radical (unpaired) electrons. The summed E-state index contributed by atoms with van der Waals surface area (Å²) < 4.78 is 28.5. The zero-order valence-corrected chi connectivity index (χ0v) is 13.7. The molecule has 0 fully saturated rings. The van der Waals surface area contributed by atoms with Crippen LogP contribution in [-0.2, 0) is 16.4 Å². The summed E-state index contributed by atoms with van der Waals surface area (Å²) in [5.74, 6) is 1.12. The molecule has 1 aliphatic heterocycles. The van der Waals surface area contributed by atoms with Crippen molar-refractivity contribution >= 4 is 15.8 Å². The number of nitrogens with zero attached hydrogens (tertiary/aromatic N) is 5. The van der Waals surface area contributed by atoms with Gasteiger partial charge in [-0.1, -0.05) is 0 Å². The van der Waals surface area contributed by atoms with Crippen LogP contribution in [0.2, 0.25) is 0 Å². The lowest BCUT2D eigenvalue weighted by Crippen LogP contribution is -2.28. The number of fused-ring (bicyclic) bond motifs is 1. The summed E-state index contributed by atoms with van der Waals surface area (Å²) in [4.78, 5) is 4.32. The van der Waals surface area contributed by atoms with Crippen molar-refractivity contribution in [2.24, 2.45) is 0 Å². The first kappa shape index (κ1) is 15.0. The third kappa shape index (κ3) is 2.47. The van der Waals surface area contributed by atoms with E-state index < -0.39 is 10.0 Å². The van der Waals surface area contributed by atoms with Gasteiger partial charge in [0.2, 0.25) is 0 Å². The molecule has 2 aromatic rings. The monoisotopic (exact) mass is 321 g/mol. The Morgan fingerprint density at radius 2 is 2.09 bits per heavy atom. The maximum absolute atomic E-state index is 12.7. The van der Waals surface area contributed by atoms with Crippen molar-refractivity contribution in [1.29, 1.82) is 0 Å². The summed E-state index contributed by atoms with van der Waals surface area (Å²) >= 11 is 0. The van der Waals surface area contributed by atoms with E-state index in [4.69, 9.17) is 0 Å². The second kappa shape index (κ2) is 5.35. The molecule has 0 unspecified atom stereocenters. The highest BCUT2D eigenvalue weighted by atomic mass is 32.2. The standard InChI is InChI=1S/C14H19N5O2S/c1-10-7-8-13(17-16-10)18(3)22(20,21)14-9-19-11(2)5-4-6-12(19)15-14/h7-9,11H,4-6H2,1-3H3/t11-/m1/s1. The molecule has 0 amide bonds. The zero-order valence-electron chi connectivity index (χ0n) is 12.9. The first-order chi connectivity index (χ1) is 10.4. The first-order valence-electron chi connectivity index (χ1n) is 7.26. The third-order valence-electron chi connectivity index (χ3n) is 4.02. The molecule has 0 saturated heterocycles. The average molecular weight is 321 g/mol. The van der Waals surface area contributed by atoms with Crippen LogP contribution in [-0.4, -0.2) is 35.2 Å². The van der Waals surface area contributed by atoms with Gasteiger partial charge in [0.15, 0.2) is 10.8 Å². The van der Waals surface area contributed by atoms with Gasteiger partial charge in [0.1, 0.15) is 5.82 Å². The van der Waals surface area contributed by atoms with Crippen LogP contribution in [0.5, 0.6) is 0 Å². The summed E-state index contributed by atoms with van der Waals surface area (Å²) in [5.41, 5.74) is 0.737. The Labute approximate surface area is 130 Å². The molecule has 0 saturated carbocycles. The molecule has 0 aliphatic carbocycles. The summed E-state index contributed by atoms with van der Waals surface area (Å²) in [7, 11) is -2.25. The highest BCUT2D eigenvalue weighted by Crippen LogP contribution is 2.27. The molecular weight excluding hydrogens is 302 g/mol. The zero-order chi connectivity index (χ0) is 15.9. The van der Waals surface area contributed by atoms with Gasteiger partial charge in [-0.15, -0.1) is 5.10 Å². The fourth-order valence-corrected chi connectivity index (χ4v) is 3.71. The molecule has 0 N–H and O–H groups in total. The molecule has 0 spiro atoms. The molecule has 1 aliphatic rings. The van der Waals surface area contributed by atoms with Gasteiger partial charge in [0.05, 0.1) is 5.69 Å². The molecule has 0 aromatic carbocycles. The normalized spacial score (nSPS) is 18.0. The van der Waals surface area contributed by atoms with Crippen molar-refractivity contribution in [1.82, 2.24) is 19.7 Å². The number of sulfonamides is 1. The third-order valence-corrected chi connectivity index (χ3v) is 5.65. The van der Waals surface area contributed by atoms with Gasteiger partial charge in [-0.25, -0.2) is 4.98 Å². The van der Waals surface area contributed by atoms with Crippen LogP contribution in [0.25, 0.3) is 0 Å². The SMILES string of the molecule is Cc1ccc(N(C)S(=O)(=O)c2cn3c(n2)CCC[C@H]3C)nn1. The Hall–Kier alpha value is -1.96. The van der Waals surface area contributed by atoms with Gasteiger partial charge in [0.25, 0.3) is 10.0 Å². The average Bonchev–Trinajstić information content (AvgIpc) is 2.94. The van der Waals surface area contributed by atoms with E-state index in [0.29, 0.717) is 0 Å². The minimum absolute atomic E-state index is 0.0705. The minimum atomic E-state index is -3.72. The number of aryl methyl sites for hydroxylation is 2. The van der Waals surface area contributed by atoms with E-state index in [1.807, 2.05) is 4.57 Å². The van der Waals surface area contributed by atoms with Crippen molar-refractivity contribution in [2.45, 2.75) is 44.2 Å². The summed E-state index contributed by atoms with van der Waals surface area (Å²) in [6.45, 7) is 3.88. The summed E-state index contributed by atoms with van der Waals surface area (Å²) in [5, 5.41) is 7.90. The number of aromatic nitrogens is 4. The predicted octanol–water partition coefficient (Wildman–Crippen LogP) is 1.70. The van der Waals surface area contributed by atoms with Crippen LogP contribution in [0.1, 0.15) is 37.3 Å². The highest BCUT2D eigenvalue weighted by Gasteiger charge is 2.28. The predicted molar refractivity (Wildman–Crippen MR) is 82.2 cm³/mol. The van der Waals surface area contributed by atoms with Gasteiger partial charge in [-0.05, 0) is 38.8 Å². The van der Waals surface area contributed by atoms with E-state index in [-0.39, 0.29) is 16.9 Å². The van der Waals surface area contributed by atoms with Gasteiger partial charge in [0, 0.05) is 25.7 Å². The first-order valence-corrected chi connectivity index (χ1v) is 8.70. The van der Waals surface area contributed by atoms with Crippen LogP contribution in [0.15, 0.2) is 23.4 Å². The molecule has 8 heteroatoms. The quantitative estimate of drug-likeness (QED) is 0.859. The molecule has 118 valence electrons. The van der Waals surface area contributed by atoms with Gasteiger partial charge < -0.3 is 4.57 Å². The van der Waals surface area contributed by atoms with Crippen molar-refractivity contribution in [3.05, 3.63) is 29.8 Å². The Kier molecular flexibility index (Phi) is 3.64. The minimum Gasteiger partial charge on any atom is -0.331 e. The molecule has 3 rings (SSSR count). The van der Waals surface area contributed by atoms with E-state index in [1.54, 1.807) is 25.3 Å². The van der Waals surface area contributed by atoms with Crippen molar-refractivity contribution in [3.8, 4) is 0 Å². The van der Waals surface area contributed by atoms with Crippen LogP contribution >= 0.6 is 0 Å². The van der Waals surface area contributed by atoms with Crippen LogP contribution < -0.4 is 4.31 Å². The van der Waals surface area contributed by atoms with E-state index in [0.717, 1.165) is 35.1 Å². The summed E-state index contributed by atoms with van der Waals surface area (Å²) in [6, 6.07) is 3.65. The van der Waals surface area contributed by atoms with Crippen molar-refractivity contribution in [3.63, 3.8) is 0 Å². The maximum atomic E-state index is 12.7. The smallest absolute Gasteiger partial charge is 0.284 e. The maximum Gasteiger partial charge on any atom is 0.284 e. The summed E-state index contributed by atoms with van der Waals surface area (Å²) in [6.07, 6.45) is 4.53. The Bertz CT molecular complexity index is 782. The molecule has 1 atom stereocenters. The Morgan fingerprint density at radius 3 is 2.73 bits per heavy atom. The Balaban J connectivity index is 1.97. The number of hydrogen-bond donors (Lipinski definition) is 0. The Morgan fingerprint density at radius 1 is 1.32 bits per heavy atom. The molecule has 0 bridgehead atoms. The number of imidazole rings is 1. The van der Waals surface area contributed by atoms with Crippen LogP contribution in [0.3, 0.4) is 0 Å². The highest BCUT2D eigenvalue weighted by molar-refractivity contribution is 7.92. The van der Waals surface area contributed by atoms with Crippen molar-refractivity contribution in [2.75, 3.05) is 11.4 Å². The number of rotatable bonds is 3. The van der Waals surface area contributed by atoms with E-state index >= 15 is 0 Å². The van der Waals surface area contributed by atoms with Gasteiger partial charge in [-0.3, -0.25) is 4.31 Å². The fraction of sp³-hybridized carbons (Fsp3) is 0.500. The number of anilines is 1. The number of hydrogen-bond acceptors (Lipinski definition) is 5. The van der Waals surface area contributed by atoms with Gasteiger partial charge >= 0.3 is 0 Å². The second-order valence-corrected chi connectivity index (χ2v) is 7.57. The van der Waals surface area contributed by atoms with Crippen molar-refractivity contribution < 1.29 is 8.42 Å². The van der Waals surface area contributed by atoms with Crippen LogP contribution in [0, 0.1) is 6.92 Å². The molecular formula is C14H19N5O2S. The van der Waals surface area contributed by atoms with Crippen LogP contribution in [0.4, 0.5) is 5.82 Å². The topological polar surface area (TPSA) is 81.0 Å². The molecule has 2 aromatic heterocycles. The molecule has 3 heterocycles. The van der Waals surface area contributed by atoms with E-state index in [2.05, 4.69) is 22.1 Å². The van der Waals surface area contributed by atoms with E-state index in [9.17, 15) is 8.42 Å². The fourth-order valence-electron chi connectivity index (χ4n) is 2.62. The van der Waals surface area contributed by atoms with E-state index in [1.165, 1.54) is 7.05 Å². The lowest BCUT2D eigenvalue weighted by molar-refractivity contribution is 0.425. The lowest BCUT2D eigenvalue weighted by atomic mass is 10.1. The van der Waals surface area contributed by atoms with Gasteiger partial charge in [-0.2, -0.15) is 13.5 Å². The molecule has 22 heavy (non-hydrogen) atoms. The lowest BCUT2D eigenvalue weighted by Gasteiger charge is -2.20. The second-order valence-electron chi connectivity index (χ2n) is 5.65.